The maximum atomic E-state index is 11.6. The van der Waals surface area contributed by atoms with Crippen LogP contribution in [0.3, 0.4) is 0 Å². The van der Waals surface area contributed by atoms with Crippen LogP contribution in [-0.4, -0.2) is 36.5 Å². The molecule has 1 rings (SSSR count). The molecule has 20 heavy (non-hydrogen) atoms. The van der Waals surface area contributed by atoms with E-state index in [0.717, 1.165) is 5.82 Å². The van der Waals surface area contributed by atoms with Crippen LogP contribution in [0.2, 0.25) is 0 Å². The number of hydrogen-bond donors (Lipinski definition) is 2. The second-order valence-electron chi connectivity index (χ2n) is 6.12. The van der Waals surface area contributed by atoms with E-state index >= 15 is 0 Å². The van der Waals surface area contributed by atoms with Crippen molar-refractivity contribution in [2.75, 3.05) is 31.3 Å². The van der Waals surface area contributed by atoms with Gasteiger partial charge in [0.15, 0.2) is 0 Å². The fourth-order valence-electron chi connectivity index (χ4n) is 1.82. The second kappa shape index (κ2) is 6.07. The topological polar surface area (TPSA) is 84.1 Å². The first-order valence-corrected chi connectivity index (χ1v) is 6.73. The summed E-state index contributed by atoms with van der Waals surface area (Å²) in [4.78, 5) is 22.3. The zero-order valence-corrected chi connectivity index (χ0v) is 13.2. The van der Waals surface area contributed by atoms with Crippen molar-refractivity contribution in [1.82, 2.24) is 15.3 Å². The predicted molar refractivity (Wildman–Crippen MR) is 81.6 cm³/mol. The number of nitrogen functional groups attached to an aromatic ring is 1. The standard InChI is InChI=1S/C14H25N5O/c1-9(12(20)16-5)8-19(6)11-7-10(15)17-13(18-11)14(2,3)4/h7,9H,8H2,1-6H3,(H,16,20)(H2,15,17,18). The van der Waals surface area contributed by atoms with Gasteiger partial charge in [-0.15, -0.1) is 0 Å². The van der Waals surface area contributed by atoms with Crippen LogP contribution in [0.4, 0.5) is 11.6 Å². The lowest BCUT2D eigenvalue weighted by Gasteiger charge is -2.24. The Balaban J connectivity index is 2.96. The first-order chi connectivity index (χ1) is 9.15. The molecule has 1 aromatic rings. The molecule has 0 radical (unpaired) electrons. The molecule has 1 aromatic heterocycles. The van der Waals surface area contributed by atoms with Gasteiger partial charge in [0, 0.05) is 32.1 Å². The third-order valence-electron chi connectivity index (χ3n) is 3.04. The quantitative estimate of drug-likeness (QED) is 0.864. The minimum Gasteiger partial charge on any atom is -0.384 e. The molecule has 1 amide bonds. The first-order valence-electron chi connectivity index (χ1n) is 6.73. The molecule has 3 N–H and O–H groups in total. The van der Waals surface area contributed by atoms with Crippen LogP contribution < -0.4 is 16.0 Å². The van der Waals surface area contributed by atoms with Gasteiger partial charge in [-0.25, -0.2) is 9.97 Å². The molecule has 0 aliphatic heterocycles. The average Bonchev–Trinajstić information content (AvgIpc) is 2.35. The molecule has 0 saturated carbocycles. The lowest BCUT2D eigenvalue weighted by molar-refractivity contribution is -0.123. The van der Waals surface area contributed by atoms with E-state index < -0.39 is 0 Å². The Bertz CT molecular complexity index is 481. The Morgan fingerprint density at radius 2 is 2.05 bits per heavy atom. The molecule has 112 valence electrons. The Morgan fingerprint density at radius 1 is 1.45 bits per heavy atom. The molecular formula is C14H25N5O. The summed E-state index contributed by atoms with van der Waals surface area (Å²) in [6, 6.07) is 1.73. The molecule has 0 spiro atoms. The van der Waals surface area contributed by atoms with Gasteiger partial charge in [-0.3, -0.25) is 4.79 Å². The van der Waals surface area contributed by atoms with E-state index in [1.807, 2.05) is 39.6 Å². The summed E-state index contributed by atoms with van der Waals surface area (Å²) in [5, 5.41) is 2.65. The summed E-state index contributed by atoms with van der Waals surface area (Å²) >= 11 is 0. The van der Waals surface area contributed by atoms with E-state index in [4.69, 9.17) is 5.73 Å². The SMILES string of the molecule is CNC(=O)C(C)CN(C)c1cc(N)nc(C(C)(C)C)n1. The Kier molecular flexibility index (Phi) is 4.92. The number of amides is 1. The van der Waals surface area contributed by atoms with Crippen molar-refractivity contribution in [3.63, 3.8) is 0 Å². The molecule has 1 atom stereocenters. The van der Waals surface area contributed by atoms with E-state index in [2.05, 4.69) is 15.3 Å². The van der Waals surface area contributed by atoms with Crippen LogP contribution in [-0.2, 0) is 10.2 Å². The zero-order chi connectivity index (χ0) is 15.5. The van der Waals surface area contributed by atoms with Crippen LogP contribution in [0.15, 0.2) is 6.07 Å². The summed E-state index contributed by atoms with van der Waals surface area (Å²) in [6.07, 6.45) is 0. The number of aromatic nitrogens is 2. The molecule has 0 fully saturated rings. The largest absolute Gasteiger partial charge is 0.384 e. The fourth-order valence-corrected chi connectivity index (χ4v) is 1.82. The number of nitrogens with zero attached hydrogens (tertiary/aromatic N) is 3. The van der Waals surface area contributed by atoms with Crippen molar-refractivity contribution < 1.29 is 4.79 Å². The summed E-state index contributed by atoms with van der Waals surface area (Å²) in [5.74, 6) is 1.76. The fraction of sp³-hybridized carbons (Fsp3) is 0.643. The highest BCUT2D eigenvalue weighted by molar-refractivity contribution is 5.78. The van der Waals surface area contributed by atoms with E-state index in [0.29, 0.717) is 18.2 Å². The van der Waals surface area contributed by atoms with Crippen LogP contribution in [0, 0.1) is 5.92 Å². The monoisotopic (exact) mass is 279 g/mol. The number of rotatable bonds is 4. The van der Waals surface area contributed by atoms with Crippen molar-refractivity contribution >= 4 is 17.5 Å². The number of carbonyl (C=O) groups excluding carboxylic acids is 1. The van der Waals surface area contributed by atoms with E-state index in [-0.39, 0.29) is 17.2 Å². The highest BCUT2D eigenvalue weighted by atomic mass is 16.1. The van der Waals surface area contributed by atoms with Gasteiger partial charge < -0.3 is 16.0 Å². The average molecular weight is 279 g/mol. The lowest BCUT2D eigenvalue weighted by Crippen LogP contribution is -2.35. The van der Waals surface area contributed by atoms with E-state index in [9.17, 15) is 4.79 Å². The number of hydrogen-bond acceptors (Lipinski definition) is 5. The Hall–Kier alpha value is -1.85. The van der Waals surface area contributed by atoms with Crippen LogP contribution in [0.5, 0.6) is 0 Å². The summed E-state index contributed by atoms with van der Waals surface area (Å²) in [7, 11) is 3.53. The van der Waals surface area contributed by atoms with E-state index in [1.54, 1.807) is 13.1 Å². The normalized spacial score (nSPS) is 12.9. The van der Waals surface area contributed by atoms with Crippen molar-refractivity contribution in [1.29, 1.82) is 0 Å². The molecular weight excluding hydrogens is 254 g/mol. The number of anilines is 2. The van der Waals surface area contributed by atoms with Crippen molar-refractivity contribution in [2.45, 2.75) is 33.1 Å². The minimum atomic E-state index is -0.169. The van der Waals surface area contributed by atoms with Gasteiger partial charge in [0.1, 0.15) is 17.5 Å². The van der Waals surface area contributed by atoms with Crippen molar-refractivity contribution in [3.05, 3.63) is 11.9 Å². The highest BCUT2D eigenvalue weighted by Gasteiger charge is 2.21. The smallest absolute Gasteiger partial charge is 0.224 e. The molecule has 0 aliphatic rings. The van der Waals surface area contributed by atoms with Gasteiger partial charge in [-0.1, -0.05) is 27.7 Å². The number of nitrogens with one attached hydrogen (secondary N) is 1. The number of carbonyl (C=O) groups is 1. The molecule has 6 heteroatoms. The molecule has 0 bridgehead atoms. The molecule has 1 unspecified atom stereocenters. The zero-order valence-electron chi connectivity index (χ0n) is 13.2. The minimum absolute atomic E-state index is 0.00919. The molecule has 0 saturated heterocycles. The van der Waals surface area contributed by atoms with Crippen LogP contribution in [0.1, 0.15) is 33.5 Å². The van der Waals surface area contributed by atoms with Gasteiger partial charge in [-0.05, 0) is 0 Å². The first kappa shape index (κ1) is 16.2. The summed E-state index contributed by atoms with van der Waals surface area (Å²) in [6.45, 7) is 8.57. The van der Waals surface area contributed by atoms with Crippen molar-refractivity contribution in [2.24, 2.45) is 5.92 Å². The van der Waals surface area contributed by atoms with Crippen LogP contribution in [0.25, 0.3) is 0 Å². The highest BCUT2D eigenvalue weighted by Crippen LogP contribution is 2.22. The maximum absolute atomic E-state index is 11.6. The van der Waals surface area contributed by atoms with Crippen LogP contribution >= 0.6 is 0 Å². The number of nitrogens with two attached hydrogens (primary N) is 1. The predicted octanol–water partition coefficient (Wildman–Crippen LogP) is 1.17. The Morgan fingerprint density at radius 3 is 2.55 bits per heavy atom. The maximum Gasteiger partial charge on any atom is 0.224 e. The third kappa shape index (κ3) is 4.08. The lowest BCUT2D eigenvalue weighted by atomic mass is 9.96. The Labute approximate surface area is 120 Å². The summed E-state index contributed by atoms with van der Waals surface area (Å²) < 4.78 is 0. The van der Waals surface area contributed by atoms with E-state index in [1.165, 1.54) is 0 Å². The van der Waals surface area contributed by atoms with Gasteiger partial charge in [-0.2, -0.15) is 0 Å². The van der Waals surface area contributed by atoms with Gasteiger partial charge >= 0.3 is 0 Å². The van der Waals surface area contributed by atoms with Gasteiger partial charge in [0.25, 0.3) is 0 Å². The molecule has 0 aliphatic carbocycles. The third-order valence-corrected chi connectivity index (χ3v) is 3.04. The summed E-state index contributed by atoms with van der Waals surface area (Å²) in [5.41, 5.74) is 5.68. The van der Waals surface area contributed by atoms with Gasteiger partial charge in [0.05, 0.1) is 5.92 Å². The van der Waals surface area contributed by atoms with Crippen molar-refractivity contribution in [3.8, 4) is 0 Å². The molecule has 6 nitrogen and oxygen atoms in total. The molecule has 0 aromatic carbocycles. The second-order valence-corrected chi connectivity index (χ2v) is 6.12. The van der Waals surface area contributed by atoms with Gasteiger partial charge in [0.2, 0.25) is 5.91 Å². The molecule has 1 heterocycles.